The maximum absolute atomic E-state index is 12.8. The zero-order chi connectivity index (χ0) is 14.4. The van der Waals surface area contributed by atoms with E-state index in [1.165, 1.54) is 12.8 Å². The van der Waals surface area contributed by atoms with Crippen molar-refractivity contribution >= 4 is 34.5 Å². The van der Waals surface area contributed by atoms with E-state index in [9.17, 15) is 4.79 Å². The molecule has 3 nitrogen and oxygen atoms in total. The van der Waals surface area contributed by atoms with Gasteiger partial charge in [0.1, 0.15) is 0 Å². The molecule has 2 bridgehead atoms. The summed E-state index contributed by atoms with van der Waals surface area (Å²) in [6.07, 6.45) is 6.60. The van der Waals surface area contributed by atoms with E-state index in [0.717, 1.165) is 36.3 Å². The molecule has 2 atom stereocenters. The number of rotatable bonds is 3. The lowest BCUT2D eigenvalue weighted by Gasteiger charge is -2.31. The minimum atomic E-state index is -0.283. The normalized spacial score (nSPS) is 31.2. The van der Waals surface area contributed by atoms with Crippen molar-refractivity contribution in [2.75, 3.05) is 0 Å². The van der Waals surface area contributed by atoms with E-state index in [1.54, 1.807) is 0 Å². The molecule has 2 saturated heterocycles. The maximum atomic E-state index is 12.8. The maximum Gasteiger partial charge on any atom is 0.230 e. The van der Waals surface area contributed by atoms with Crippen LogP contribution in [0.4, 0.5) is 0 Å². The Morgan fingerprint density at radius 2 is 1.73 bits per heavy atom. The van der Waals surface area contributed by atoms with Crippen LogP contribution in [0.25, 0.3) is 0 Å². The molecule has 0 spiro atoms. The van der Waals surface area contributed by atoms with Crippen LogP contribution in [0.3, 0.4) is 0 Å². The van der Waals surface area contributed by atoms with Crippen LogP contribution in [0.15, 0.2) is 24.3 Å². The number of halogens is 2. The van der Waals surface area contributed by atoms with Crippen LogP contribution in [0.1, 0.15) is 44.1 Å². The summed E-state index contributed by atoms with van der Waals surface area (Å²) in [5.41, 5.74) is 0.829. The number of carbonyl (C=O) groups is 1. The van der Waals surface area contributed by atoms with Crippen LogP contribution in [0.2, 0.25) is 5.02 Å². The zero-order valence-electron chi connectivity index (χ0n) is 12.5. The van der Waals surface area contributed by atoms with Crippen LogP contribution < -0.4 is 10.6 Å². The highest BCUT2D eigenvalue weighted by molar-refractivity contribution is 8.93. The fraction of sp³-hybridized carbons (Fsp3) is 0.588. The highest BCUT2D eigenvalue weighted by Crippen LogP contribution is 2.48. The molecular formula is C17H22BrClN2O. The molecule has 2 unspecified atom stereocenters. The summed E-state index contributed by atoms with van der Waals surface area (Å²) < 4.78 is 0. The van der Waals surface area contributed by atoms with Crippen LogP contribution >= 0.6 is 28.6 Å². The Balaban J connectivity index is 0.00000144. The Labute approximate surface area is 147 Å². The first-order valence-corrected chi connectivity index (χ1v) is 8.37. The summed E-state index contributed by atoms with van der Waals surface area (Å²) in [6.45, 7) is 0. The molecule has 1 saturated carbocycles. The second-order valence-electron chi connectivity index (χ2n) is 6.87. The van der Waals surface area contributed by atoms with Gasteiger partial charge in [0, 0.05) is 23.1 Å². The highest BCUT2D eigenvalue weighted by Gasteiger charge is 2.52. The van der Waals surface area contributed by atoms with Gasteiger partial charge in [-0.3, -0.25) is 4.79 Å². The van der Waals surface area contributed by atoms with Crippen LogP contribution in [-0.2, 0) is 10.2 Å². The molecule has 3 fully saturated rings. The van der Waals surface area contributed by atoms with Crippen molar-refractivity contribution in [2.45, 2.75) is 62.1 Å². The lowest BCUT2D eigenvalue weighted by Crippen LogP contribution is -2.50. The Morgan fingerprint density at radius 1 is 1.14 bits per heavy atom. The van der Waals surface area contributed by atoms with Crippen LogP contribution in [0.5, 0.6) is 0 Å². The summed E-state index contributed by atoms with van der Waals surface area (Å²) in [4.78, 5) is 12.8. The summed E-state index contributed by atoms with van der Waals surface area (Å²) in [7, 11) is 0. The van der Waals surface area contributed by atoms with Gasteiger partial charge in [-0.1, -0.05) is 23.7 Å². The van der Waals surface area contributed by atoms with Crippen molar-refractivity contribution < 1.29 is 4.79 Å². The molecule has 0 aromatic heterocycles. The largest absolute Gasteiger partial charge is 0.352 e. The third kappa shape index (κ3) is 2.93. The van der Waals surface area contributed by atoms with Crippen molar-refractivity contribution in [3.63, 3.8) is 0 Å². The standard InChI is InChI=1S/C17H21ClN2O.BrH/c18-12-3-1-11(2-4-12)17(7-8-17)16(21)20-15-9-13-5-6-14(10-15)19-13;/h1-4,13-15,19H,5-10H2,(H,20,21);1H. The summed E-state index contributed by atoms with van der Waals surface area (Å²) >= 11 is 5.95. The number of nitrogens with one attached hydrogen (secondary N) is 2. The van der Waals surface area contributed by atoms with Gasteiger partial charge in [0.2, 0.25) is 5.91 Å². The quantitative estimate of drug-likeness (QED) is 0.838. The molecule has 5 heteroatoms. The average molecular weight is 386 g/mol. The fourth-order valence-electron chi connectivity index (χ4n) is 4.04. The molecule has 0 radical (unpaired) electrons. The van der Waals surface area contributed by atoms with Gasteiger partial charge in [-0.2, -0.15) is 0 Å². The summed E-state index contributed by atoms with van der Waals surface area (Å²) in [6, 6.07) is 9.34. The van der Waals surface area contributed by atoms with Crippen molar-refractivity contribution in [3.05, 3.63) is 34.9 Å². The first-order chi connectivity index (χ1) is 10.2. The van der Waals surface area contributed by atoms with Crippen molar-refractivity contribution in [3.8, 4) is 0 Å². The van der Waals surface area contributed by atoms with E-state index in [-0.39, 0.29) is 28.3 Å². The first-order valence-electron chi connectivity index (χ1n) is 7.99. The van der Waals surface area contributed by atoms with E-state index in [1.807, 2.05) is 24.3 Å². The number of hydrogen-bond acceptors (Lipinski definition) is 2. The number of carbonyl (C=O) groups excluding carboxylic acids is 1. The van der Waals surface area contributed by atoms with E-state index < -0.39 is 0 Å². The first kappa shape index (κ1) is 16.3. The minimum absolute atomic E-state index is 0. The van der Waals surface area contributed by atoms with Gasteiger partial charge in [0.25, 0.3) is 0 Å². The Kier molecular flexibility index (Phi) is 4.54. The predicted molar refractivity (Wildman–Crippen MR) is 93.8 cm³/mol. The van der Waals surface area contributed by atoms with Crippen molar-refractivity contribution in [1.82, 2.24) is 10.6 Å². The molecule has 3 aliphatic rings. The van der Waals surface area contributed by atoms with Gasteiger partial charge >= 0.3 is 0 Å². The van der Waals surface area contributed by atoms with Gasteiger partial charge in [-0.05, 0) is 56.2 Å². The number of fused-ring (bicyclic) bond motifs is 2. The molecule has 1 amide bonds. The molecule has 1 aliphatic carbocycles. The third-order valence-corrected chi connectivity index (χ3v) is 5.64. The van der Waals surface area contributed by atoms with E-state index in [4.69, 9.17) is 11.6 Å². The average Bonchev–Trinajstić information content (AvgIpc) is 3.21. The predicted octanol–water partition coefficient (Wildman–Crippen LogP) is 3.35. The fourth-order valence-corrected chi connectivity index (χ4v) is 4.17. The van der Waals surface area contributed by atoms with Gasteiger partial charge in [0.05, 0.1) is 5.41 Å². The van der Waals surface area contributed by atoms with Gasteiger partial charge < -0.3 is 10.6 Å². The molecule has 2 N–H and O–H groups in total. The number of piperidine rings is 1. The smallest absolute Gasteiger partial charge is 0.230 e. The van der Waals surface area contributed by atoms with Gasteiger partial charge in [-0.15, -0.1) is 17.0 Å². The monoisotopic (exact) mass is 384 g/mol. The summed E-state index contributed by atoms with van der Waals surface area (Å²) in [5, 5.41) is 7.67. The number of amides is 1. The van der Waals surface area contributed by atoms with Gasteiger partial charge in [-0.25, -0.2) is 0 Å². The van der Waals surface area contributed by atoms with E-state index in [2.05, 4.69) is 10.6 Å². The molecule has 2 aliphatic heterocycles. The zero-order valence-corrected chi connectivity index (χ0v) is 14.9. The Bertz CT molecular complexity index is 546. The van der Waals surface area contributed by atoms with Crippen LogP contribution in [-0.4, -0.2) is 24.0 Å². The topological polar surface area (TPSA) is 41.1 Å². The second-order valence-corrected chi connectivity index (χ2v) is 7.31. The molecule has 2 heterocycles. The Hall–Kier alpha value is -0.580. The summed E-state index contributed by atoms with van der Waals surface area (Å²) in [5.74, 6) is 0.219. The molecule has 1 aromatic carbocycles. The third-order valence-electron chi connectivity index (χ3n) is 5.39. The number of benzene rings is 1. The Morgan fingerprint density at radius 3 is 2.27 bits per heavy atom. The molecule has 1 aromatic rings. The highest BCUT2D eigenvalue weighted by atomic mass is 79.9. The lowest BCUT2D eigenvalue weighted by molar-refractivity contribution is -0.124. The SMILES string of the molecule is Br.O=C(NC1CC2CCC(C1)N2)C1(c2ccc(Cl)cc2)CC1. The molecule has 120 valence electrons. The number of hydrogen-bond donors (Lipinski definition) is 2. The van der Waals surface area contributed by atoms with Crippen LogP contribution in [0, 0.1) is 0 Å². The van der Waals surface area contributed by atoms with E-state index in [0.29, 0.717) is 18.1 Å². The second kappa shape index (κ2) is 6.14. The molecule has 22 heavy (non-hydrogen) atoms. The lowest BCUT2D eigenvalue weighted by atomic mass is 9.93. The minimum Gasteiger partial charge on any atom is -0.352 e. The molecule has 4 rings (SSSR count). The molecular weight excluding hydrogens is 364 g/mol. The van der Waals surface area contributed by atoms with E-state index >= 15 is 0 Å². The van der Waals surface area contributed by atoms with Crippen molar-refractivity contribution in [2.24, 2.45) is 0 Å². The van der Waals surface area contributed by atoms with Crippen molar-refractivity contribution in [1.29, 1.82) is 0 Å². The van der Waals surface area contributed by atoms with Gasteiger partial charge in [0.15, 0.2) is 0 Å².